The van der Waals surface area contributed by atoms with Crippen LogP contribution in [0.25, 0.3) is 0 Å². The molecule has 56 heavy (non-hydrogen) atoms. The predicted molar refractivity (Wildman–Crippen MR) is 210 cm³/mol. The van der Waals surface area contributed by atoms with Crippen LogP contribution in [0.1, 0.15) is 92.6 Å². The molecule has 0 bridgehead atoms. The Balaban J connectivity index is 0.000000172. The number of benzene rings is 4. The second-order valence-electron chi connectivity index (χ2n) is 15.5. The van der Waals surface area contributed by atoms with Crippen LogP contribution in [0.15, 0.2) is 77.3 Å². The van der Waals surface area contributed by atoms with E-state index in [0.717, 1.165) is 70.8 Å². The summed E-state index contributed by atoms with van der Waals surface area (Å²) in [5, 5.41) is 25.4. The van der Waals surface area contributed by atoms with Gasteiger partial charge in [0.05, 0.1) is 23.3 Å². The summed E-state index contributed by atoms with van der Waals surface area (Å²) in [5.41, 5.74) is 2.82. The molecule has 4 aliphatic rings. The fourth-order valence-electron chi connectivity index (χ4n) is 7.73. The molecule has 2 amide bonds. The molecule has 10 nitrogen and oxygen atoms in total. The van der Waals surface area contributed by atoms with E-state index in [-0.39, 0.29) is 37.9 Å². The molecule has 2 atom stereocenters. The Morgan fingerprint density at radius 3 is 1.50 bits per heavy atom. The smallest absolute Gasteiger partial charge is 0.330 e. The van der Waals surface area contributed by atoms with Crippen molar-refractivity contribution in [3.05, 3.63) is 128 Å². The van der Waals surface area contributed by atoms with E-state index in [1.165, 1.54) is 12.1 Å². The number of carboxylic acids is 2. The molecule has 0 heterocycles. The first-order valence-electron chi connectivity index (χ1n) is 18.9. The zero-order valence-electron chi connectivity index (χ0n) is 31.3. The highest BCUT2D eigenvalue weighted by atomic mass is 79.9. The number of fused-ring (bicyclic) bond motifs is 2. The van der Waals surface area contributed by atoms with Crippen LogP contribution in [0.3, 0.4) is 0 Å². The third-order valence-electron chi connectivity index (χ3n) is 11.4. The van der Waals surface area contributed by atoms with Crippen molar-refractivity contribution in [3.8, 4) is 11.5 Å². The lowest BCUT2D eigenvalue weighted by Gasteiger charge is -2.29. The van der Waals surface area contributed by atoms with E-state index in [1.54, 1.807) is 30.3 Å². The largest absolute Gasteiger partial charge is 0.489 e. The zero-order valence-corrected chi connectivity index (χ0v) is 32.8. The van der Waals surface area contributed by atoms with Gasteiger partial charge in [0.15, 0.2) is 0 Å². The van der Waals surface area contributed by atoms with Crippen molar-refractivity contribution in [2.75, 3.05) is 0 Å². The van der Waals surface area contributed by atoms with Crippen LogP contribution in [-0.2, 0) is 35.3 Å². The lowest BCUT2D eigenvalue weighted by atomic mass is 9.94. The Bertz CT molecular complexity index is 2060. The molecular formula is C44H44BrFN2O8. The first-order chi connectivity index (χ1) is 26.8. The van der Waals surface area contributed by atoms with Crippen LogP contribution >= 0.6 is 15.9 Å². The third-order valence-corrected chi connectivity index (χ3v) is 11.9. The summed E-state index contributed by atoms with van der Waals surface area (Å²) in [6, 6.07) is 20.6. The van der Waals surface area contributed by atoms with E-state index in [1.807, 2.05) is 44.2 Å². The van der Waals surface area contributed by atoms with Crippen molar-refractivity contribution < 1.29 is 43.3 Å². The lowest BCUT2D eigenvalue weighted by molar-refractivity contribution is -0.144. The number of aryl methyl sites for hydroxylation is 2. The fourth-order valence-corrected chi connectivity index (χ4v) is 8.14. The van der Waals surface area contributed by atoms with E-state index in [2.05, 4.69) is 26.6 Å². The molecule has 0 saturated heterocycles. The van der Waals surface area contributed by atoms with Gasteiger partial charge in [-0.25, -0.2) is 14.0 Å². The number of nitrogens with one attached hydrogen (secondary N) is 2. The number of carbonyl (C=O) groups is 4. The van der Waals surface area contributed by atoms with E-state index >= 15 is 0 Å². The highest BCUT2D eigenvalue weighted by molar-refractivity contribution is 9.10. The molecule has 0 spiro atoms. The number of hydrogen-bond acceptors (Lipinski definition) is 6. The van der Waals surface area contributed by atoms with E-state index in [0.29, 0.717) is 28.2 Å². The topological polar surface area (TPSA) is 151 Å². The number of aliphatic carboxylic acids is 2. The molecule has 0 aliphatic heterocycles. The van der Waals surface area contributed by atoms with Gasteiger partial charge in [0.2, 0.25) is 0 Å². The molecule has 4 aliphatic carbocycles. The Morgan fingerprint density at radius 2 is 1.07 bits per heavy atom. The van der Waals surface area contributed by atoms with E-state index in [4.69, 9.17) is 9.47 Å². The molecule has 2 unspecified atom stereocenters. The maximum absolute atomic E-state index is 13.5. The van der Waals surface area contributed by atoms with Gasteiger partial charge in [-0.15, -0.1) is 0 Å². The highest BCUT2D eigenvalue weighted by Gasteiger charge is 2.47. The van der Waals surface area contributed by atoms with Crippen molar-refractivity contribution in [3.63, 3.8) is 0 Å². The number of hydrogen-bond donors (Lipinski definition) is 4. The molecule has 4 aromatic carbocycles. The molecule has 292 valence electrons. The van der Waals surface area contributed by atoms with Gasteiger partial charge in [-0.1, -0.05) is 52.3 Å². The molecule has 0 radical (unpaired) electrons. The second kappa shape index (κ2) is 15.7. The van der Waals surface area contributed by atoms with Gasteiger partial charge in [0, 0.05) is 30.2 Å². The Hall–Kier alpha value is -5.23. The number of para-hydroxylation sites is 2. The first-order valence-corrected chi connectivity index (χ1v) is 19.7. The number of carboxylic acid groups (broad SMARTS) is 2. The molecule has 8 rings (SSSR count). The van der Waals surface area contributed by atoms with Gasteiger partial charge in [-0.2, -0.15) is 0 Å². The minimum absolute atomic E-state index is 0.0474. The molecular weight excluding hydrogens is 783 g/mol. The van der Waals surface area contributed by atoms with Crippen LogP contribution < -0.4 is 20.1 Å². The summed E-state index contributed by atoms with van der Waals surface area (Å²) < 4.78 is 26.5. The van der Waals surface area contributed by atoms with Crippen molar-refractivity contribution in [2.45, 2.75) is 101 Å². The molecule has 0 aromatic heterocycles. The third kappa shape index (κ3) is 7.89. The summed E-state index contributed by atoms with van der Waals surface area (Å²) in [6.45, 7) is 3.77. The number of halogens is 2. The summed E-state index contributed by atoms with van der Waals surface area (Å²) in [6.07, 6.45) is 7.04. The van der Waals surface area contributed by atoms with Gasteiger partial charge in [0.1, 0.15) is 28.4 Å². The number of amides is 2. The van der Waals surface area contributed by atoms with Gasteiger partial charge in [-0.05, 0) is 122 Å². The lowest BCUT2D eigenvalue weighted by Crippen LogP contribution is -2.55. The SMILES string of the molecule is Cc1cccc(C(=O)NC2(C(=O)O)Cc3ccc(Br)cc3C2)c1OC1CCC1.Cc1cccc(C(=O)NC2(C(=O)O)Cc3ccc(F)cc3C2)c1OC1CCC1. The molecule has 4 aromatic rings. The van der Waals surface area contributed by atoms with Crippen LogP contribution in [-0.4, -0.2) is 57.3 Å². The average molecular weight is 828 g/mol. The normalized spacial score (nSPS) is 20.9. The van der Waals surface area contributed by atoms with Gasteiger partial charge in [-0.3, -0.25) is 9.59 Å². The quantitative estimate of drug-likeness (QED) is 0.129. The second-order valence-corrected chi connectivity index (χ2v) is 16.4. The number of rotatable bonds is 10. The molecule has 2 fully saturated rings. The van der Waals surface area contributed by atoms with E-state index in [9.17, 15) is 33.8 Å². The van der Waals surface area contributed by atoms with E-state index < -0.39 is 40.6 Å². The Labute approximate surface area is 332 Å². The fraction of sp³-hybridized carbons (Fsp3) is 0.364. The summed E-state index contributed by atoms with van der Waals surface area (Å²) in [5.74, 6) is -2.41. The van der Waals surface area contributed by atoms with Crippen LogP contribution in [0, 0.1) is 19.7 Å². The summed E-state index contributed by atoms with van der Waals surface area (Å²) >= 11 is 3.43. The maximum atomic E-state index is 13.5. The Kier molecular flexibility index (Phi) is 11.0. The highest BCUT2D eigenvalue weighted by Crippen LogP contribution is 2.36. The average Bonchev–Trinajstić information content (AvgIpc) is 3.67. The maximum Gasteiger partial charge on any atom is 0.330 e. The standard InChI is InChI=1S/C22H22BrNO4.C22H22FNO4/c2*1-13-4-2-7-18(19(13)28-17-5-3-6-17)20(25)24-22(21(26)27)11-14-8-9-16(23)10-15(14)12-22/h2*2,4,7-10,17H,3,5-6,11-12H2,1H3,(H,24,25)(H,26,27). The van der Waals surface area contributed by atoms with Crippen LogP contribution in [0.4, 0.5) is 4.39 Å². The van der Waals surface area contributed by atoms with Crippen LogP contribution in [0.5, 0.6) is 11.5 Å². The minimum Gasteiger partial charge on any atom is -0.489 e. The zero-order chi connectivity index (χ0) is 39.8. The van der Waals surface area contributed by atoms with Gasteiger partial charge in [0.25, 0.3) is 11.8 Å². The van der Waals surface area contributed by atoms with Crippen LogP contribution in [0.2, 0.25) is 0 Å². The monoisotopic (exact) mass is 826 g/mol. The van der Waals surface area contributed by atoms with Crippen molar-refractivity contribution >= 4 is 39.7 Å². The minimum atomic E-state index is -1.50. The van der Waals surface area contributed by atoms with Gasteiger partial charge < -0.3 is 30.3 Å². The molecule has 12 heteroatoms. The summed E-state index contributed by atoms with van der Waals surface area (Å²) in [4.78, 5) is 50.4. The van der Waals surface area contributed by atoms with Crippen molar-refractivity contribution in [1.82, 2.24) is 10.6 Å². The van der Waals surface area contributed by atoms with Gasteiger partial charge >= 0.3 is 11.9 Å². The van der Waals surface area contributed by atoms with Crippen molar-refractivity contribution in [1.29, 1.82) is 0 Å². The van der Waals surface area contributed by atoms with Crippen molar-refractivity contribution in [2.24, 2.45) is 0 Å². The Morgan fingerprint density at radius 1 is 0.643 bits per heavy atom. The molecule has 4 N–H and O–H groups in total. The predicted octanol–water partition coefficient (Wildman–Crippen LogP) is 7.46. The molecule has 2 saturated carbocycles. The first kappa shape index (κ1) is 39.0. The summed E-state index contributed by atoms with van der Waals surface area (Å²) in [7, 11) is 0. The number of carbonyl (C=O) groups excluding carboxylic acids is 2. The number of ether oxygens (including phenoxy) is 2.